The van der Waals surface area contributed by atoms with Crippen molar-refractivity contribution in [3.63, 3.8) is 0 Å². The molecule has 0 aliphatic heterocycles. The van der Waals surface area contributed by atoms with Crippen LogP contribution in [0.25, 0.3) is 17.1 Å². The summed E-state index contributed by atoms with van der Waals surface area (Å²) < 4.78 is 2.14. The van der Waals surface area contributed by atoms with E-state index in [9.17, 15) is 0 Å². The molecule has 0 saturated carbocycles. The molecule has 6 heteroatoms. The molecule has 1 N–H and O–H groups in total. The zero-order valence-corrected chi connectivity index (χ0v) is 15.9. The van der Waals surface area contributed by atoms with Crippen LogP contribution in [0.2, 0.25) is 0 Å². The number of pyridine rings is 2. The van der Waals surface area contributed by atoms with E-state index >= 15 is 0 Å². The standard InChI is InChI=1S/C22H22N6/c1-16(21-15-26-22(27-17(21)2)18-7-10-23-11-8-18)25-14-20-6-4-12-28(20)19-5-3-9-24-13-19/h3-13,15-16,25H,14H2,1-2H3/t16-/m0/s1. The molecule has 0 aliphatic rings. The van der Waals surface area contributed by atoms with Crippen molar-refractivity contribution < 1.29 is 0 Å². The summed E-state index contributed by atoms with van der Waals surface area (Å²) in [5, 5.41) is 3.58. The zero-order valence-electron chi connectivity index (χ0n) is 15.9. The molecular weight excluding hydrogens is 348 g/mol. The summed E-state index contributed by atoms with van der Waals surface area (Å²) in [5.74, 6) is 0.723. The smallest absolute Gasteiger partial charge is 0.159 e. The van der Waals surface area contributed by atoms with Gasteiger partial charge < -0.3 is 9.88 Å². The highest BCUT2D eigenvalue weighted by Gasteiger charge is 2.13. The lowest BCUT2D eigenvalue weighted by atomic mass is 10.1. The second kappa shape index (κ2) is 8.10. The Balaban J connectivity index is 1.48. The first-order valence-electron chi connectivity index (χ1n) is 9.26. The van der Waals surface area contributed by atoms with E-state index in [1.807, 2.05) is 43.6 Å². The molecule has 0 amide bonds. The average molecular weight is 370 g/mol. The van der Waals surface area contributed by atoms with E-state index in [2.05, 4.69) is 55.1 Å². The second-order valence-corrected chi connectivity index (χ2v) is 6.65. The molecule has 4 aromatic rings. The first-order valence-corrected chi connectivity index (χ1v) is 9.26. The summed E-state index contributed by atoms with van der Waals surface area (Å²) in [7, 11) is 0. The molecule has 6 nitrogen and oxygen atoms in total. The maximum Gasteiger partial charge on any atom is 0.159 e. The summed E-state index contributed by atoms with van der Waals surface area (Å²) >= 11 is 0. The number of nitrogens with zero attached hydrogens (tertiary/aromatic N) is 5. The Bertz CT molecular complexity index is 1040. The fourth-order valence-electron chi connectivity index (χ4n) is 3.22. The van der Waals surface area contributed by atoms with Crippen LogP contribution in [-0.2, 0) is 6.54 Å². The first-order chi connectivity index (χ1) is 13.7. The lowest BCUT2D eigenvalue weighted by Gasteiger charge is -2.17. The van der Waals surface area contributed by atoms with Gasteiger partial charge in [0.15, 0.2) is 5.82 Å². The Labute approximate surface area is 164 Å². The maximum absolute atomic E-state index is 4.68. The normalized spacial score (nSPS) is 12.1. The predicted molar refractivity (Wildman–Crippen MR) is 109 cm³/mol. The summed E-state index contributed by atoms with van der Waals surface area (Å²) in [5.41, 5.74) is 5.27. The van der Waals surface area contributed by atoms with Crippen molar-refractivity contribution in [3.05, 3.63) is 90.5 Å². The fourth-order valence-corrected chi connectivity index (χ4v) is 3.22. The summed E-state index contributed by atoms with van der Waals surface area (Å²) in [6.45, 7) is 4.89. The average Bonchev–Trinajstić information content (AvgIpc) is 3.22. The largest absolute Gasteiger partial charge is 0.318 e. The van der Waals surface area contributed by atoms with Crippen molar-refractivity contribution in [1.29, 1.82) is 0 Å². The summed E-state index contributed by atoms with van der Waals surface area (Å²) in [6, 6.07) is 12.1. The quantitative estimate of drug-likeness (QED) is 0.558. The lowest BCUT2D eigenvalue weighted by Crippen LogP contribution is -2.21. The Morgan fingerprint density at radius 3 is 2.61 bits per heavy atom. The molecule has 4 rings (SSSR count). The number of hydrogen-bond donors (Lipinski definition) is 1. The van der Waals surface area contributed by atoms with Crippen LogP contribution in [0.4, 0.5) is 0 Å². The van der Waals surface area contributed by atoms with Gasteiger partial charge in [0.2, 0.25) is 0 Å². The zero-order chi connectivity index (χ0) is 19.3. The molecule has 0 spiro atoms. The maximum atomic E-state index is 4.68. The van der Waals surface area contributed by atoms with Gasteiger partial charge in [-0.3, -0.25) is 9.97 Å². The van der Waals surface area contributed by atoms with Gasteiger partial charge in [-0.05, 0) is 50.2 Å². The molecule has 0 aromatic carbocycles. The summed E-state index contributed by atoms with van der Waals surface area (Å²) in [4.78, 5) is 17.5. The van der Waals surface area contributed by atoms with E-state index in [0.717, 1.165) is 34.9 Å². The van der Waals surface area contributed by atoms with Crippen molar-refractivity contribution in [2.75, 3.05) is 0 Å². The molecule has 4 heterocycles. The Morgan fingerprint density at radius 2 is 1.86 bits per heavy atom. The molecule has 0 saturated heterocycles. The lowest BCUT2D eigenvalue weighted by molar-refractivity contribution is 0.557. The summed E-state index contributed by atoms with van der Waals surface area (Å²) in [6.07, 6.45) is 11.1. The van der Waals surface area contributed by atoms with Crippen LogP contribution < -0.4 is 5.32 Å². The van der Waals surface area contributed by atoms with Crippen LogP contribution in [0.3, 0.4) is 0 Å². The van der Waals surface area contributed by atoms with Crippen LogP contribution in [0.15, 0.2) is 73.6 Å². The number of aromatic nitrogens is 5. The highest BCUT2D eigenvalue weighted by molar-refractivity contribution is 5.53. The minimum Gasteiger partial charge on any atom is -0.318 e. The van der Waals surface area contributed by atoms with Gasteiger partial charge in [0.25, 0.3) is 0 Å². The van der Waals surface area contributed by atoms with Crippen molar-refractivity contribution >= 4 is 0 Å². The SMILES string of the molecule is Cc1nc(-c2ccncc2)ncc1[C@H](C)NCc1cccn1-c1cccnc1. The van der Waals surface area contributed by atoms with Gasteiger partial charge in [-0.25, -0.2) is 9.97 Å². The van der Waals surface area contributed by atoms with E-state index in [1.165, 1.54) is 5.69 Å². The highest BCUT2D eigenvalue weighted by Crippen LogP contribution is 2.20. The van der Waals surface area contributed by atoms with Crippen molar-refractivity contribution in [1.82, 2.24) is 29.8 Å². The molecule has 4 aromatic heterocycles. The monoisotopic (exact) mass is 370 g/mol. The molecule has 0 aliphatic carbocycles. The molecule has 28 heavy (non-hydrogen) atoms. The molecule has 0 fully saturated rings. The number of hydrogen-bond acceptors (Lipinski definition) is 5. The van der Waals surface area contributed by atoms with Gasteiger partial charge in [0, 0.05) is 66.1 Å². The number of rotatable bonds is 6. The molecule has 0 radical (unpaired) electrons. The van der Waals surface area contributed by atoms with E-state index < -0.39 is 0 Å². The van der Waals surface area contributed by atoms with Gasteiger partial charge in [0.1, 0.15) is 0 Å². The fraction of sp³-hybridized carbons (Fsp3) is 0.182. The highest BCUT2D eigenvalue weighted by atomic mass is 15.0. The van der Waals surface area contributed by atoms with Gasteiger partial charge in [-0.2, -0.15) is 0 Å². The minimum absolute atomic E-state index is 0.128. The molecule has 0 unspecified atom stereocenters. The minimum atomic E-state index is 0.128. The third kappa shape index (κ3) is 3.82. The Kier molecular flexibility index (Phi) is 5.21. The van der Waals surface area contributed by atoms with E-state index in [0.29, 0.717) is 0 Å². The first kappa shape index (κ1) is 18.0. The van der Waals surface area contributed by atoms with Crippen LogP contribution >= 0.6 is 0 Å². The molecular formula is C22H22N6. The molecule has 140 valence electrons. The predicted octanol–water partition coefficient (Wildman–Crippen LogP) is 3.88. The van der Waals surface area contributed by atoms with Crippen molar-refractivity contribution in [2.45, 2.75) is 26.4 Å². The van der Waals surface area contributed by atoms with Crippen LogP contribution in [0, 0.1) is 6.92 Å². The van der Waals surface area contributed by atoms with Crippen LogP contribution in [0.5, 0.6) is 0 Å². The van der Waals surface area contributed by atoms with E-state index in [-0.39, 0.29) is 6.04 Å². The van der Waals surface area contributed by atoms with Gasteiger partial charge in [-0.15, -0.1) is 0 Å². The van der Waals surface area contributed by atoms with Gasteiger partial charge in [-0.1, -0.05) is 0 Å². The van der Waals surface area contributed by atoms with Gasteiger partial charge >= 0.3 is 0 Å². The third-order valence-electron chi connectivity index (χ3n) is 4.77. The topological polar surface area (TPSA) is 68.5 Å². The van der Waals surface area contributed by atoms with Gasteiger partial charge in [0.05, 0.1) is 11.9 Å². The van der Waals surface area contributed by atoms with E-state index in [1.54, 1.807) is 18.6 Å². The molecule has 1 atom stereocenters. The Morgan fingerprint density at radius 1 is 1.00 bits per heavy atom. The molecule has 0 bridgehead atoms. The third-order valence-corrected chi connectivity index (χ3v) is 4.77. The van der Waals surface area contributed by atoms with Crippen LogP contribution in [-0.4, -0.2) is 24.5 Å². The number of aryl methyl sites for hydroxylation is 1. The van der Waals surface area contributed by atoms with Crippen molar-refractivity contribution in [2.24, 2.45) is 0 Å². The Hall–Kier alpha value is -3.38. The van der Waals surface area contributed by atoms with Crippen molar-refractivity contribution in [3.8, 4) is 17.1 Å². The number of nitrogens with one attached hydrogen (secondary N) is 1. The van der Waals surface area contributed by atoms with E-state index in [4.69, 9.17) is 0 Å². The second-order valence-electron chi connectivity index (χ2n) is 6.65. The van der Waals surface area contributed by atoms with Crippen LogP contribution in [0.1, 0.15) is 29.9 Å².